The third-order valence-electron chi connectivity index (χ3n) is 10.4. The van der Waals surface area contributed by atoms with E-state index in [1.54, 1.807) is 13.1 Å². The van der Waals surface area contributed by atoms with Crippen molar-refractivity contribution in [1.29, 1.82) is 0 Å². The Morgan fingerprint density at radius 1 is 0.830 bits per heavy atom. The summed E-state index contributed by atoms with van der Waals surface area (Å²) in [5, 5.41) is 25.1. The molecule has 2 saturated carbocycles. The van der Waals surface area contributed by atoms with E-state index in [2.05, 4.69) is 20.6 Å². The number of hydrogen-bond acceptors (Lipinski definition) is 9. The number of aryl methyl sites for hydroxylation is 1. The highest BCUT2D eigenvalue weighted by Crippen LogP contribution is 2.43. The summed E-state index contributed by atoms with van der Waals surface area (Å²) in [7, 11) is 0. The van der Waals surface area contributed by atoms with E-state index in [9.17, 15) is 24.6 Å². The van der Waals surface area contributed by atoms with Crippen LogP contribution in [0.25, 0.3) is 11.1 Å². The standard InChI is InChI=1S/C43H50N4O6/c1-4-53-43(52)40(25-49)46-24-32-23-44-38(20-36(32)29-16-17-29)41(50)19-30-10-7-11-33(26(30)2)34-12-8-13-37(27(34)3)47-42(51)39-21-35(28-14-15-28)31(22-45-39)9-5-6-18-48/h7-8,10-13,20-23,28-29,40,46,48-49H,4-6,9,14-19,24-25H2,1-3H3,(H,47,51)/t40-/m1/s1. The number of ketones is 1. The fourth-order valence-electron chi connectivity index (χ4n) is 6.99. The maximum Gasteiger partial charge on any atom is 0.325 e. The van der Waals surface area contributed by atoms with Gasteiger partial charge in [-0.2, -0.15) is 0 Å². The number of aliphatic hydroxyl groups excluding tert-OH is 2. The van der Waals surface area contributed by atoms with Crippen LogP contribution in [0.1, 0.15) is 117 Å². The van der Waals surface area contributed by atoms with Crippen LogP contribution < -0.4 is 10.6 Å². The highest BCUT2D eigenvalue weighted by Gasteiger charge is 2.29. The SMILES string of the molecule is CCOC(=O)[C@@H](CO)NCc1cnc(C(=O)Cc2cccc(-c3cccc(NC(=O)c4cc(C5CC5)c(CCCCO)cn4)c3C)c2C)cc1C1CC1. The lowest BCUT2D eigenvalue weighted by atomic mass is 9.90. The van der Waals surface area contributed by atoms with E-state index in [1.807, 2.05) is 68.6 Å². The molecule has 1 amide bonds. The Hall–Kier alpha value is -4.77. The van der Waals surface area contributed by atoms with Crippen molar-refractivity contribution < 1.29 is 29.3 Å². The van der Waals surface area contributed by atoms with Crippen LogP contribution in [-0.4, -0.2) is 63.7 Å². The van der Waals surface area contributed by atoms with Gasteiger partial charge in [-0.3, -0.25) is 29.7 Å². The monoisotopic (exact) mass is 718 g/mol. The van der Waals surface area contributed by atoms with E-state index >= 15 is 0 Å². The molecule has 6 rings (SSSR count). The second-order valence-corrected chi connectivity index (χ2v) is 14.3. The largest absolute Gasteiger partial charge is 0.465 e. The Bertz CT molecular complexity index is 1970. The average molecular weight is 719 g/mol. The molecule has 278 valence electrons. The van der Waals surface area contributed by atoms with Crippen molar-refractivity contribution in [2.75, 3.05) is 25.1 Å². The minimum absolute atomic E-state index is 0.0818. The van der Waals surface area contributed by atoms with Gasteiger partial charge in [-0.15, -0.1) is 0 Å². The molecule has 0 aliphatic heterocycles. The molecule has 0 saturated heterocycles. The summed E-state index contributed by atoms with van der Waals surface area (Å²) in [6, 6.07) is 14.8. The van der Waals surface area contributed by atoms with Crippen molar-refractivity contribution in [1.82, 2.24) is 15.3 Å². The molecular weight excluding hydrogens is 668 g/mol. The van der Waals surface area contributed by atoms with Gasteiger partial charge in [0, 0.05) is 37.7 Å². The minimum Gasteiger partial charge on any atom is -0.465 e. The number of Topliss-reactive ketones (excluding diaryl/α,β-unsaturated/α-hetero) is 1. The van der Waals surface area contributed by atoms with Crippen molar-refractivity contribution in [2.24, 2.45) is 0 Å². The number of hydrogen-bond donors (Lipinski definition) is 4. The smallest absolute Gasteiger partial charge is 0.325 e. The first kappa shape index (κ1) is 38.0. The maximum atomic E-state index is 13.7. The van der Waals surface area contributed by atoms with E-state index < -0.39 is 12.0 Å². The minimum atomic E-state index is -0.831. The number of unbranched alkanes of at least 4 members (excludes halogenated alkanes) is 1. The number of pyridine rings is 2. The van der Waals surface area contributed by atoms with E-state index in [1.165, 1.54) is 5.56 Å². The van der Waals surface area contributed by atoms with Crippen LogP contribution in [0.5, 0.6) is 0 Å². The Labute approximate surface area is 311 Å². The van der Waals surface area contributed by atoms with Gasteiger partial charge in [0.05, 0.1) is 13.2 Å². The van der Waals surface area contributed by atoms with Gasteiger partial charge < -0.3 is 20.3 Å². The molecule has 2 aromatic carbocycles. The van der Waals surface area contributed by atoms with E-state index in [0.717, 1.165) is 89.5 Å². The summed E-state index contributed by atoms with van der Waals surface area (Å²) in [5.41, 5.74) is 10.6. The third-order valence-corrected chi connectivity index (χ3v) is 10.4. The van der Waals surface area contributed by atoms with Crippen LogP contribution in [0, 0.1) is 13.8 Å². The summed E-state index contributed by atoms with van der Waals surface area (Å²) < 4.78 is 5.05. The summed E-state index contributed by atoms with van der Waals surface area (Å²) in [6.07, 6.45) is 10.5. The Morgan fingerprint density at radius 3 is 2.15 bits per heavy atom. The van der Waals surface area contributed by atoms with Gasteiger partial charge in [0.2, 0.25) is 0 Å². The summed E-state index contributed by atoms with van der Waals surface area (Å²) >= 11 is 0. The predicted octanol–water partition coefficient (Wildman–Crippen LogP) is 6.52. The first-order chi connectivity index (χ1) is 25.7. The van der Waals surface area contributed by atoms with Gasteiger partial charge in [0.15, 0.2) is 5.78 Å². The second kappa shape index (κ2) is 17.4. The van der Waals surface area contributed by atoms with Crippen molar-refractivity contribution in [3.63, 3.8) is 0 Å². The first-order valence-corrected chi connectivity index (χ1v) is 18.8. The van der Waals surface area contributed by atoms with Crippen molar-refractivity contribution in [3.8, 4) is 11.1 Å². The molecule has 2 aromatic heterocycles. The number of nitrogens with one attached hydrogen (secondary N) is 2. The molecule has 2 aliphatic carbocycles. The van der Waals surface area contributed by atoms with Gasteiger partial charge in [0.1, 0.15) is 17.4 Å². The molecule has 0 bridgehead atoms. The quantitative estimate of drug-likeness (QED) is 0.0512. The normalized spacial score (nSPS) is 14.5. The highest BCUT2D eigenvalue weighted by atomic mass is 16.5. The fourth-order valence-corrected chi connectivity index (χ4v) is 6.99. The number of carbonyl (C=O) groups is 3. The van der Waals surface area contributed by atoms with Crippen LogP contribution in [-0.2, 0) is 28.9 Å². The molecule has 0 spiro atoms. The molecule has 10 heteroatoms. The lowest BCUT2D eigenvalue weighted by Crippen LogP contribution is -2.40. The number of amides is 1. The van der Waals surface area contributed by atoms with Crippen molar-refractivity contribution in [3.05, 3.63) is 111 Å². The van der Waals surface area contributed by atoms with E-state index in [4.69, 9.17) is 4.74 Å². The number of carbonyl (C=O) groups excluding carboxylic acids is 3. The lowest BCUT2D eigenvalue weighted by molar-refractivity contribution is -0.146. The molecule has 0 unspecified atom stereocenters. The molecule has 2 fully saturated rings. The average Bonchev–Trinajstić information content (AvgIpc) is 4.09. The molecule has 4 N–H and O–H groups in total. The van der Waals surface area contributed by atoms with E-state index in [0.29, 0.717) is 35.5 Å². The number of esters is 1. The molecule has 4 aromatic rings. The van der Waals surface area contributed by atoms with Gasteiger partial charge >= 0.3 is 5.97 Å². The number of anilines is 1. The number of ether oxygens (including phenoxy) is 1. The van der Waals surface area contributed by atoms with Crippen molar-refractivity contribution in [2.45, 2.75) is 96.6 Å². The van der Waals surface area contributed by atoms with Crippen molar-refractivity contribution >= 4 is 23.3 Å². The molecular formula is C43H50N4O6. The first-order valence-electron chi connectivity index (χ1n) is 18.8. The summed E-state index contributed by atoms with van der Waals surface area (Å²) in [4.78, 5) is 48.4. The molecule has 0 radical (unpaired) electrons. The van der Waals surface area contributed by atoms with Gasteiger partial charge in [-0.1, -0.05) is 30.3 Å². The third kappa shape index (κ3) is 9.25. The van der Waals surface area contributed by atoms with E-state index in [-0.39, 0.29) is 37.9 Å². The molecule has 10 nitrogen and oxygen atoms in total. The zero-order valence-corrected chi connectivity index (χ0v) is 30.9. The fraction of sp³-hybridized carbons (Fsp3) is 0.419. The molecule has 2 heterocycles. The maximum absolute atomic E-state index is 13.7. The van der Waals surface area contributed by atoms with Crippen LogP contribution in [0.2, 0.25) is 0 Å². The Kier molecular flexibility index (Phi) is 12.4. The van der Waals surface area contributed by atoms with Crippen LogP contribution in [0.3, 0.4) is 0 Å². The predicted molar refractivity (Wildman–Crippen MR) is 204 cm³/mol. The lowest BCUT2D eigenvalue weighted by Gasteiger charge is -2.17. The Balaban J connectivity index is 1.16. The van der Waals surface area contributed by atoms with Gasteiger partial charge in [0.25, 0.3) is 5.91 Å². The summed E-state index contributed by atoms with van der Waals surface area (Å²) in [5.74, 6) is -0.0173. The summed E-state index contributed by atoms with van der Waals surface area (Å²) in [6.45, 7) is 6.10. The number of nitrogens with zero attached hydrogens (tertiary/aromatic N) is 2. The topological polar surface area (TPSA) is 151 Å². The molecule has 1 atom stereocenters. The zero-order chi connectivity index (χ0) is 37.5. The molecule has 2 aliphatic rings. The number of aliphatic hydroxyl groups is 2. The van der Waals surface area contributed by atoms with Crippen LogP contribution in [0.4, 0.5) is 5.69 Å². The Morgan fingerprint density at radius 2 is 1.47 bits per heavy atom. The highest BCUT2D eigenvalue weighted by molar-refractivity contribution is 6.04. The van der Waals surface area contributed by atoms with Crippen LogP contribution in [0.15, 0.2) is 60.9 Å². The van der Waals surface area contributed by atoms with Gasteiger partial charge in [-0.25, -0.2) is 0 Å². The second-order valence-electron chi connectivity index (χ2n) is 14.3. The van der Waals surface area contributed by atoms with Gasteiger partial charge in [-0.05, 0) is 146 Å². The number of aromatic nitrogens is 2. The number of benzene rings is 2. The molecule has 53 heavy (non-hydrogen) atoms. The van der Waals surface area contributed by atoms with Crippen LogP contribution >= 0.6 is 0 Å². The number of rotatable bonds is 18. The zero-order valence-electron chi connectivity index (χ0n) is 30.9.